The summed E-state index contributed by atoms with van der Waals surface area (Å²) in [7, 11) is 0. The highest BCUT2D eigenvalue weighted by Crippen LogP contribution is 2.21. The average molecular weight is 293 g/mol. The van der Waals surface area contributed by atoms with Gasteiger partial charge in [0.2, 0.25) is 5.91 Å². The molecule has 0 bridgehead atoms. The van der Waals surface area contributed by atoms with Gasteiger partial charge in [0.25, 0.3) is 0 Å². The normalized spacial score (nSPS) is 10.3. The molecule has 0 aliphatic carbocycles. The number of benzene rings is 2. The predicted molar refractivity (Wildman–Crippen MR) is 78.4 cm³/mol. The Kier molecular flexibility index (Phi) is 4.25. The van der Waals surface area contributed by atoms with Crippen LogP contribution in [0.1, 0.15) is 21.5 Å². The van der Waals surface area contributed by atoms with E-state index in [1.807, 2.05) is 12.1 Å². The van der Waals surface area contributed by atoms with Gasteiger partial charge >= 0.3 is 0 Å². The zero-order valence-electron chi connectivity index (χ0n) is 10.9. The van der Waals surface area contributed by atoms with Gasteiger partial charge in [-0.3, -0.25) is 4.79 Å². The van der Waals surface area contributed by atoms with E-state index in [-0.39, 0.29) is 5.56 Å². The van der Waals surface area contributed by atoms with E-state index in [9.17, 15) is 9.18 Å². The molecule has 0 atom stereocenters. The molecule has 0 heterocycles. The molecular formula is C15H14ClFN2O. The van der Waals surface area contributed by atoms with Gasteiger partial charge in [-0.15, -0.1) is 0 Å². The van der Waals surface area contributed by atoms with Crippen molar-refractivity contribution in [1.82, 2.24) is 0 Å². The average Bonchev–Trinajstić information content (AvgIpc) is 2.42. The van der Waals surface area contributed by atoms with Crippen LogP contribution in [-0.2, 0) is 6.54 Å². The summed E-state index contributed by atoms with van der Waals surface area (Å²) in [5.41, 5.74) is 7.32. The number of nitrogens with one attached hydrogen (secondary N) is 1. The zero-order valence-corrected chi connectivity index (χ0v) is 11.7. The zero-order chi connectivity index (χ0) is 14.7. The Bertz CT molecular complexity index is 641. The molecule has 0 aliphatic heterocycles. The summed E-state index contributed by atoms with van der Waals surface area (Å²) in [6, 6.07) is 10.0. The Hall–Kier alpha value is -2.07. The van der Waals surface area contributed by atoms with Crippen LogP contribution in [0, 0.1) is 12.7 Å². The van der Waals surface area contributed by atoms with E-state index in [2.05, 4.69) is 5.32 Å². The Labute approximate surface area is 121 Å². The first-order valence-corrected chi connectivity index (χ1v) is 6.43. The monoisotopic (exact) mass is 292 g/mol. The lowest BCUT2D eigenvalue weighted by molar-refractivity contribution is 0.1000. The molecule has 2 rings (SSSR count). The number of anilines is 1. The molecule has 3 nitrogen and oxygen atoms in total. The highest BCUT2D eigenvalue weighted by Gasteiger charge is 2.10. The number of hydrogen-bond acceptors (Lipinski definition) is 2. The van der Waals surface area contributed by atoms with Gasteiger partial charge in [0, 0.05) is 28.4 Å². The highest BCUT2D eigenvalue weighted by atomic mass is 35.5. The predicted octanol–water partition coefficient (Wildman–Crippen LogP) is 3.50. The molecule has 2 aromatic carbocycles. The smallest absolute Gasteiger partial charge is 0.248 e. The van der Waals surface area contributed by atoms with Crippen molar-refractivity contribution < 1.29 is 9.18 Å². The summed E-state index contributed by atoms with van der Waals surface area (Å²) in [4.78, 5) is 11.1. The van der Waals surface area contributed by atoms with Crippen LogP contribution >= 0.6 is 11.6 Å². The second-order valence-corrected chi connectivity index (χ2v) is 4.91. The van der Waals surface area contributed by atoms with Gasteiger partial charge < -0.3 is 11.1 Å². The largest absolute Gasteiger partial charge is 0.381 e. The molecule has 2 aromatic rings. The number of amides is 1. The molecule has 104 valence electrons. The Morgan fingerprint density at radius 2 is 1.95 bits per heavy atom. The highest BCUT2D eigenvalue weighted by molar-refractivity contribution is 6.30. The molecule has 0 aromatic heterocycles. The molecule has 1 amide bonds. The standard InChI is InChI=1S/C15H14ClFN2O/c1-9-13(17)6-11(15(18)20)7-14(9)19-8-10-2-4-12(16)5-3-10/h2-7,19H,8H2,1H3,(H2,18,20). The minimum Gasteiger partial charge on any atom is -0.381 e. The lowest BCUT2D eigenvalue weighted by Crippen LogP contribution is -2.13. The van der Waals surface area contributed by atoms with Crippen LogP contribution in [0.4, 0.5) is 10.1 Å². The third-order valence-electron chi connectivity index (χ3n) is 3.03. The fourth-order valence-electron chi connectivity index (χ4n) is 1.80. The number of hydrogen-bond donors (Lipinski definition) is 2. The summed E-state index contributed by atoms with van der Waals surface area (Å²) in [6.07, 6.45) is 0. The first-order valence-electron chi connectivity index (χ1n) is 6.05. The maximum absolute atomic E-state index is 13.7. The van der Waals surface area contributed by atoms with Gasteiger partial charge in [-0.25, -0.2) is 4.39 Å². The van der Waals surface area contributed by atoms with Crippen molar-refractivity contribution in [3.05, 3.63) is 63.9 Å². The number of halogens is 2. The molecule has 0 spiro atoms. The van der Waals surface area contributed by atoms with Gasteiger partial charge in [-0.2, -0.15) is 0 Å². The van der Waals surface area contributed by atoms with Crippen molar-refractivity contribution in [2.45, 2.75) is 13.5 Å². The lowest BCUT2D eigenvalue weighted by Gasteiger charge is -2.12. The molecule has 0 radical (unpaired) electrons. The van der Waals surface area contributed by atoms with Gasteiger partial charge in [0.1, 0.15) is 5.82 Å². The third kappa shape index (κ3) is 3.27. The van der Waals surface area contributed by atoms with Crippen molar-refractivity contribution in [2.75, 3.05) is 5.32 Å². The number of carbonyl (C=O) groups is 1. The number of primary amides is 1. The van der Waals surface area contributed by atoms with Gasteiger partial charge in [0.15, 0.2) is 0 Å². The molecule has 0 aliphatic rings. The second-order valence-electron chi connectivity index (χ2n) is 4.47. The number of carbonyl (C=O) groups excluding carboxylic acids is 1. The number of rotatable bonds is 4. The minimum atomic E-state index is -0.654. The summed E-state index contributed by atoms with van der Waals surface area (Å²) in [5, 5.41) is 3.75. The maximum atomic E-state index is 13.7. The van der Waals surface area contributed by atoms with E-state index in [1.165, 1.54) is 0 Å². The van der Waals surface area contributed by atoms with Crippen LogP contribution in [0.2, 0.25) is 5.02 Å². The quantitative estimate of drug-likeness (QED) is 0.906. The van der Waals surface area contributed by atoms with Crippen LogP contribution in [0.15, 0.2) is 36.4 Å². The van der Waals surface area contributed by atoms with E-state index in [0.717, 1.165) is 11.6 Å². The van der Waals surface area contributed by atoms with Crippen LogP contribution in [0.3, 0.4) is 0 Å². The van der Waals surface area contributed by atoms with E-state index in [4.69, 9.17) is 17.3 Å². The minimum absolute atomic E-state index is 0.145. The fourth-order valence-corrected chi connectivity index (χ4v) is 1.93. The van der Waals surface area contributed by atoms with Crippen molar-refractivity contribution in [3.8, 4) is 0 Å². The van der Waals surface area contributed by atoms with E-state index in [1.54, 1.807) is 25.1 Å². The number of nitrogens with two attached hydrogens (primary N) is 1. The Morgan fingerprint density at radius 1 is 1.30 bits per heavy atom. The van der Waals surface area contributed by atoms with Gasteiger partial charge in [0.05, 0.1) is 0 Å². The van der Waals surface area contributed by atoms with Gasteiger partial charge in [-0.1, -0.05) is 23.7 Å². The first kappa shape index (κ1) is 14.3. The molecule has 5 heteroatoms. The van der Waals surface area contributed by atoms with E-state index in [0.29, 0.717) is 22.8 Å². The fraction of sp³-hybridized carbons (Fsp3) is 0.133. The van der Waals surface area contributed by atoms with Crippen molar-refractivity contribution >= 4 is 23.2 Å². The molecule has 0 fully saturated rings. The molecule has 0 saturated carbocycles. The summed E-state index contributed by atoms with van der Waals surface area (Å²) < 4.78 is 13.7. The lowest BCUT2D eigenvalue weighted by atomic mass is 10.1. The van der Waals surface area contributed by atoms with Gasteiger partial charge in [-0.05, 0) is 36.8 Å². The molecule has 0 saturated heterocycles. The van der Waals surface area contributed by atoms with Crippen LogP contribution in [0.25, 0.3) is 0 Å². The maximum Gasteiger partial charge on any atom is 0.248 e. The van der Waals surface area contributed by atoms with Crippen LogP contribution in [-0.4, -0.2) is 5.91 Å². The summed E-state index contributed by atoms with van der Waals surface area (Å²) >= 11 is 5.81. The van der Waals surface area contributed by atoms with Crippen LogP contribution < -0.4 is 11.1 Å². The first-order chi connectivity index (χ1) is 9.47. The second kappa shape index (κ2) is 5.92. The molecule has 3 N–H and O–H groups in total. The summed E-state index contributed by atoms with van der Waals surface area (Å²) in [6.45, 7) is 2.14. The van der Waals surface area contributed by atoms with Crippen LogP contribution in [0.5, 0.6) is 0 Å². The SMILES string of the molecule is Cc1c(F)cc(C(N)=O)cc1NCc1ccc(Cl)cc1. The van der Waals surface area contributed by atoms with E-state index >= 15 is 0 Å². The van der Waals surface area contributed by atoms with Crippen molar-refractivity contribution in [1.29, 1.82) is 0 Å². The molecule has 20 heavy (non-hydrogen) atoms. The molecular weight excluding hydrogens is 279 g/mol. The molecule has 0 unspecified atom stereocenters. The van der Waals surface area contributed by atoms with Crippen molar-refractivity contribution in [3.63, 3.8) is 0 Å². The Morgan fingerprint density at radius 3 is 2.55 bits per heavy atom. The topological polar surface area (TPSA) is 55.1 Å². The third-order valence-corrected chi connectivity index (χ3v) is 3.28. The van der Waals surface area contributed by atoms with Crippen molar-refractivity contribution in [2.24, 2.45) is 5.73 Å². The van der Waals surface area contributed by atoms with E-state index < -0.39 is 11.7 Å². The summed E-state index contributed by atoms with van der Waals surface area (Å²) in [5.74, 6) is -1.11. The Balaban J connectivity index is 2.20.